The van der Waals surface area contributed by atoms with Crippen LogP contribution in [0, 0.1) is 0 Å². The van der Waals surface area contributed by atoms with Gasteiger partial charge in [0, 0.05) is 51.5 Å². The summed E-state index contributed by atoms with van der Waals surface area (Å²) in [6, 6.07) is 0. The number of hydrogen-bond donors (Lipinski definition) is 1. The van der Waals surface area contributed by atoms with Gasteiger partial charge in [-0.15, -0.1) is 0 Å². The third-order valence-corrected chi connectivity index (χ3v) is 5.77. The van der Waals surface area contributed by atoms with Crippen molar-refractivity contribution in [3.63, 3.8) is 0 Å². The number of alkyl halides is 6. The number of carbonyl (C=O) groups is 1. The number of aromatic amines is 1. The van der Waals surface area contributed by atoms with Crippen molar-refractivity contribution in [2.24, 2.45) is 0 Å². The molecule has 0 bridgehead atoms. The van der Waals surface area contributed by atoms with E-state index in [2.05, 4.69) is 15.1 Å². The van der Waals surface area contributed by atoms with Crippen molar-refractivity contribution in [1.29, 1.82) is 0 Å². The van der Waals surface area contributed by atoms with Crippen LogP contribution < -0.4 is 15.2 Å². The number of halogens is 6. The van der Waals surface area contributed by atoms with Crippen molar-refractivity contribution < 1.29 is 35.9 Å². The van der Waals surface area contributed by atoms with E-state index in [1.807, 2.05) is 0 Å². The topological polar surface area (TPSA) is 108 Å². The first-order valence-corrected chi connectivity index (χ1v) is 11.2. The molecule has 1 fully saturated rings. The number of anilines is 1. The van der Waals surface area contributed by atoms with Gasteiger partial charge >= 0.3 is 12.4 Å². The predicted octanol–water partition coefficient (Wildman–Crippen LogP) is 2.38. The van der Waals surface area contributed by atoms with Gasteiger partial charge in [-0.2, -0.15) is 31.4 Å². The maximum atomic E-state index is 13.3. The van der Waals surface area contributed by atoms with Gasteiger partial charge in [-0.25, -0.2) is 15.1 Å². The van der Waals surface area contributed by atoms with Crippen molar-refractivity contribution in [3.8, 4) is 5.75 Å². The molecule has 37 heavy (non-hydrogen) atoms. The Kier molecular flexibility index (Phi) is 8.60. The molecular formula is C21H25F6N7O3. The summed E-state index contributed by atoms with van der Waals surface area (Å²) < 4.78 is 83.3. The van der Waals surface area contributed by atoms with Gasteiger partial charge in [0.1, 0.15) is 0 Å². The average Bonchev–Trinajstić information content (AvgIpc) is 2.84. The fourth-order valence-electron chi connectivity index (χ4n) is 3.73. The van der Waals surface area contributed by atoms with Crippen LogP contribution >= 0.6 is 0 Å². The highest BCUT2D eigenvalue weighted by Gasteiger charge is 2.39. The number of nitrogens with zero attached hydrogens (tertiary/aromatic N) is 6. The molecule has 0 unspecified atom stereocenters. The summed E-state index contributed by atoms with van der Waals surface area (Å²) in [5.74, 6) is -0.776. The summed E-state index contributed by atoms with van der Waals surface area (Å²) in [5, 5.41) is 5.12. The summed E-state index contributed by atoms with van der Waals surface area (Å²) in [6.07, 6.45) is -7.81. The average molecular weight is 537 g/mol. The van der Waals surface area contributed by atoms with Crippen molar-refractivity contribution in [3.05, 3.63) is 40.1 Å². The zero-order valence-electron chi connectivity index (χ0n) is 19.9. The van der Waals surface area contributed by atoms with E-state index in [4.69, 9.17) is 4.74 Å². The third-order valence-electron chi connectivity index (χ3n) is 5.77. The maximum Gasteiger partial charge on any atom is 0.425 e. The van der Waals surface area contributed by atoms with Crippen LogP contribution in [0.4, 0.5) is 32.3 Å². The van der Waals surface area contributed by atoms with E-state index in [-0.39, 0.29) is 31.2 Å². The van der Waals surface area contributed by atoms with Crippen molar-refractivity contribution in [1.82, 2.24) is 30.0 Å². The summed E-state index contributed by atoms with van der Waals surface area (Å²) in [7, 11) is 1.58. The molecule has 2 aromatic heterocycles. The van der Waals surface area contributed by atoms with Gasteiger partial charge in [0.25, 0.3) is 5.56 Å². The maximum absolute atomic E-state index is 13.3. The number of piperazine rings is 1. The second-order valence-electron chi connectivity index (χ2n) is 8.28. The molecule has 0 spiro atoms. The predicted molar refractivity (Wildman–Crippen MR) is 118 cm³/mol. The molecule has 1 aliphatic heterocycles. The number of hydrogen-bond acceptors (Lipinski definition) is 8. The van der Waals surface area contributed by atoms with Gasteiger partial charge in [0.2, 0.25) is 11.9 Å². The fraction of sp³-hybridized carbons (Fsp3) is 0.571. The molecule has 1 atom stereocenters. The number of carbonyl (C=O) groups excluding carboxylic acids is 1. The Bertz CT molecular complexity index is 1120. The molecule has 0 saturated carbocycles. The second-order valence-corrected chi connectivity index (χ2v) is 8.28. The molecule has 1 amide bonds. The summed E-state index contributed by atoms with van der Waals surface area (Å²) in [6.45, 7) is 3.09. The lowest BCUT2D eigenvalue weighted by Gasteiger charge is -2.35. The van der Waals surface area contributed by atoms with Crippen molar-refractivity contribution >= 4 is 11.9 Å². The molecule has 1 saturated heterocycles. The number of H-pyrrole nitrogens is 1. The molecule has 3 heterocycles. The minimum absolute atomic E-state index is 0.0485. The number of aromatic nitrogens is 4. The van der Waals surface area contributed by atoms with Gasteiger partial charge in [-0.1, -0.05) is 6.92 Å². The molecule has 2 aromatic rings. The van der Waals surface area contributed by atoms with Gasteiger partial charge in [-0.3, -0.25) is 14.5 Å². The molecule has 0 aromatic carbocycles. The minimum atomic E-state index is -4.94. The van der Waals surface area contributed by atoms with Crippen LogP contribution in [0.1, 0.15) is 30.9 Å². The molecule has 0 aliphatic carbocycles. The first-order valence-electron chi connectivity index (χ1n) is 11.2. The van der Waals surface area contributed by atoms with Gasteiger partial charge in [0.05, 0.1) is 11.8 Å². The number of rotatable bonds is 8. The number of nitrogens with one attached hydrogen (secondary N) is 1. The first-order chi connectivity index (χ1) is 17.3. The van der Waals surface area contributed by atoms with Crippen LogP contribution in [0.5, 0.6) is 5.75 Å². The Hall–Kier alpha value is -3.43. The highest BCUT2D eigenvalue weighted by Crippen LogP contribution is 2.33. The molecule has 1 N–H and O–H groups in total. The van der Waals surface area contributed by atoms with Crippen molar-refractivity contribution in [2.75, 3.05) is 44.7 Å². The van der Waals surface area contributed by atoms with E-state index in [1.165, 1.54) is 0 Å². The fourth-order valence-corrected chi connectivity index (χ4v) is 3.73. The Morgan fingerprint density at radius 3 is 2.24 bits per heavy atom. The molecule has 0 radical (unpaired) electrons. The lowest BCUT2D eigenvalue weighted by molar-refractivity contribution is -0.141. The van der Waals surface area contributed by atoms with E-state index in [0.717, 1.165) is 6.20 Å². The smallest absolute Gasteiger partial charge is 0.425 e. The highest BCUT2D eigenvalue weighted by molar-refractivity contribution is 5.76. The number of ether oxygens (including phenoxy) is 1. The van der Waals surface area contributed by atoms with Crippen LogP contribution in [0.15, 0.2) is 23.4 Å². The standard InChI is InChI=1S/C21H25F6N7O3/c1-3-16(37-14-12-30-31-18(36)17(14)21(25,26)27)32(2)5-4-15(35)33-6-8-34(9-7-33)19-28-10-13(11-29-19)20(22,23)24/h10-12,16H,3-9H2,1-2H3,(H,31,36)/t16-/m0/s1. The summed E-state index contributed by atoms with van der Waals surface area (Å²) in [5.41, 5.74) is -3.85. The van der Waals surface area contributed by atoms with Crippen LogP contribution in [-0.4, -0.2) is 81.9 Å². The Morgan fingerprint density at radius 1 is 1.08 bits per heavy atom. The second kappa shape index (κ2) is 11.3. The van der Waals surface area contributed by atoms with E-state index in [9.17, 15) is 35.9 Å². The SMILES string of the molecule is CC[C@H](Oc1cn[nH]c(=O)c1C(F)(F)F)N(C)CCC(=O)N1CCN(c2ncc(C(F)(F)F)cn2)CC1. The quantitative estimate of drug-likeness (QED) is 0.404. The first kappa shape index (κ1) is 28.1. The molecule has 16 heteroatoms. The van der Waals surface area contributed by atoms with E-state index in [1.54, 1.807) is 33.8 Å². The Morgan fingerprint density at radius 2 is 1.70 bits per heavy atom. The van der Waals surface area contributed by atoms with Crippen LogP contribution in [0.2, 0.25) is 0 Å². The lowest BCUT2D eigenvalue weighted by atomic mass is 10.2. The largest absolute Gasteiger partial charge is 0.473 e. The monoisotopic (exact) mass is 537 g/mol. The zero-order chi connectivity index (χ0) is 27.4. The minimum Gasteiger partial charge on any atom is -0.473 e. The van der Waals surface area contributed by atoms with Gasteiger partial charge in [-0.05, 0) is 13.5 Å². The van der Waals surface area contributed by atoms with Crippen LogP contribution in [0.25, 0.3) is 0 Å². The van der Waals surface area contributed by atoms with E-state index < -0.39 is 41.0 Å². The highest BCUT2D eigenvalue weighted by atomic mass is 19.4. The molecule has 1 aliphatic rings. The van der Waals surface area contributed by atoms with Crippen LogP contribution in [-0.2, 0) is 17.1 Å². The van der Waals surface area contributed by atoms with Crippen LogP contribution in [0.3, 0.4) is 0 Å². The Balaban J connectivity index is 1.52. The number of amides is 1. The molecule has 204 valence electrons. The van der Waals surface area contributed by atoms with E-state index >= 15 is 0 Å². The van der Waals surface area contributed by atoms with Gasteiger partial charge in [0.15, 0.2) is 17.5 Å². The lowest BCUT2D eigenvalue weighted by Crippen LogP contribution is -2.50. The summed E-state index contributed by atoms with van der Waals surface area (Å²) >= 11 is 0. The zero-order valence-corrected chi connectivity index (χ0v) is 19.9. The van der Waals surface area contributed by atoms with Crippen molar-refractivity contribution in [2.45, 2.75) is 38.3 Å². The van der Waals surface area contributed by atoms with E-state index in [0.29, 0.717) is 38.6 Å². The molecular weight excluding hydrogens is 512 g/mol. The van der Waals surface area contributed by atoms with Gasteiger partial charge < -0.3 is 14.5 Å². The third kappa shape index (κ3) is 7.08. The molecule has 3 rings (SSSR count). The molecule has 10 nitrogen and oxygen atoms in total. The Labute approximate surface area is 207 Å². The normalized spacial score (nSPS) is 15.7. The summed E-state index contributed by atoms with van der Waals surface area (Å²) in [4.78, 5) is 36.7.